The van der Waals surface area contributed by atoms with Crippen molar-refractivity contribution in [3.63, 3.8) is 0 Å². The van der Waals surface area contributed by atoms with Gasteiger partial charge in [-0.05, 0) is 33.1 Å². The lowest BCUT2D eigenvalue weighted by Gasteiger charge is -2.11. The lowest BCUT2D eigenvalue weighted by Crippen LogP contribution is -2.38. The summed E-state index contributed by atoms with van der Waals surface area (Å²) in [7, 11) is 0. The van der Waals surface area contributed by atoms with Crippen molar-refractivity contribution in [2.45, 2.75) is 46.5 Å². The molecule has 1 fully saturated rings. The summed E-state index contributed by atoms with van der Waals surface area (Å²) in [4.78, 5) is 10.7. The molecule has 2 N–H and O–H groups in total. The lowest BCUT2D eigenvalue weighted by molar-refractivity contribution is 0.0893. The Hall–Kier alpha value is -1.18. The Kier molecular flexibility index (Phi) is 9.95. The molecule has 0 aliphatic carbocycles. The fraction of sp³-hybridized carbons (Fsp3) is 0.789. The highest BCUT2D eigenvalue weighted by molar-refractivity contribution is 7.11. The van der Waals surface area contributed by atoms with Crippen LogP contribution in [0.15, 0.2) is 4.99 Å². The zero-order chi connectivity index (χ0) is 18.6. The van der Waals surface area contributed by atoms with Crippen molar-refractivity contribution in [2.75, 3.05) is 46.1 Å². The van der Waals surface area contributed by atoms with Crippen molar-refractivity contribution in [3.05, 3.63) is 15.6 Å². The number of nitrogens with zero attached hydrogens (tertiary/aromatic N) is 2. The van der Waals surface area contributed by atoms with E-state index in [-0.39, 0.29) is 0 Å². The van der Waals surface area contributed by atoms with Crippen LogP contribution in [0, 0.1) is 12.8 Å². The third-order valence-corrected chi connectivity index (χ3v) is 5.41. The van der Waals surface area contributed by atoms with E-state index in [9.17, 15) is 0 Å². The molecular weight excluding hydrogens is 348 g/mol. The summed E-state index contributed by atoms with van der Waals surface area (Å²) in [5.41, 5.74) is 1.23. The highest BCUT2D eigenvalue weighted by Crippen LogP contribution is 2.17. The van der Waals surface area contributed by atoms with E-state index in [1.165, 1.54) is 15.6 Å². The summed E-state index contributed by atoms with van der Waals surface area (Å²) in [5, 5.41) is 7.90. The van der Waals surface area contributed by atoms with E-state index in [1.807, 2.05) is 0 Å². The molecule has 1 aliphatic heterocycles. The number of guanidine groups is 1. The Morgan fingerprint density at radius 3 is 2.96 bits per heavy atom. The van der Waals surface area contributed by atoms with Crippen LogP contribution in [0.1, 0.15) is 42.3 Å². The van der Waals surface area contributed by atoms with Crippen LogP contribution in [0.5, 0.6) is 0 Å². The van der Waals surface area contributed by atoms with E-state index >= 15 is 0 Å². The van der Waals surface area contributed by atoms with Gasteiger partial charge >= 0.3 is 0 Å². The average Bonchev–Trinajstić information content (AvgIpc) is 3.27. The molecule has 1 atom stereocenters. The number of nitrogens with one attached hydrogen (secondary N) is 2. The van der Waals surface area contributed by atoms with Gasteiger partial charge in [-0.25, -0.2) is 4.98 Å². The third-order valence-electron chi connectivity index (χ3n) is 4.34. The molecule has 0 aromatic carbocycles. The number of aromatic nitrogens is 1. The van der Waals surface area contributed by atoms with Crippen LogP contribution in [0.3, 0.4) is 0 Å². The number of thiazole rings is 1. The van der Waals surface area contributed by atoms with E-state index < -0.39 is 0 Å². The summed E-state index contributed by atoms with van der Waals surface area (Å²) in [6.07, 6.45) is 4.01. The fourth-order valence-corrected chi connectivity index (χ4v) is 3.90. The largest absolute Gasteiger partial charge is 0.381 e. The van der Waals surface area contributed by atoms with E-state index in [0.29, 0.717) is 5.92 Å². The van der Waals surface area contributed by atoms with Gasteiger partial charge in [-0.15, -0.1) is 11.3 Å². The molecule has 0 bridgehead atoms. The molecule has 1 saturated heterocycles. The topological polar surface area (TPSA) is 67.8 Å². The second-order valence-corrected chi connectivity index (χ2v) is 7.85. The van der Waals surface area contributed by atoms with E-state index in [0.717, 1.165) is 77.7 Å². The minimum absolute atomic E-state index is 0.584. The number of hydrogen-bond donors (Lipinski definition) is 2. The minimum atomic E-state index is 0.584. The zero-order valence-corrected chi connectivity index (χ0v) is 17.3. The maximum atomic E-state index is 5.73. The molecule has 1 unspecified atom stereocenters. The van der Waals surface area contributed by atoms with Crippen LogP contribution in [0.25, 0.3) is 0 Å². The lowest BCUT2D eigenvalue weighted by atomic mass is 10.1. The Morgan fingerprint density at radius 1 is 1.38 bits per heavy atom. The first-order chi connectivity index (χ1) is 12.7. The highest BCUT2D eigenvalue weighted by atomic mass is 32.1. The number of aliphatic imine (C=N–C) groups is 1. The molecule has 1 aliphatic rings. The van der Waals surface area contributed by atoms with Gasteiger partial charge in [-0.1, -0.05) is 6.92 Å². The standard InChI is InChI=1S/C19H34N4O2S/c1-4-17-15(3)26-18(23-17)7-10-22-19(20-5-2)21-9-6-11-24-13-16-8-12-25-14-16/h16H,4-14H2,1-3H3,(H2,20,21,22). The summed E-state index contributed by atoms with van der Waals surface area (Å²) in [6.45, 7) is 12.2. The van der Waals surface area contributed by atoms with Crippen molar-refractivity contribution >= 4 is 17.3 Å². The maximum absolute atomic E-state index is 5.73. The summed E-state index contributed by atoms with van der Waals surface area (Å²) in [5.74, 6) is 1.46. The minimum Gasteiger partial charge on any atom is -0.381 e. The first kappa shape index (κ1) is 21.1. The number of ether oxygens (including phenoxy) is 2. The van der Waals surface area contributed by atoms with E-state index in [1.54, 1.807) is 11.3 Å². The highest BCUT2D eigenvalue weighted by Gasteiger charge is 2.15. The Bertz CT molecular complexity index is 542. The second-order valence-electron chi connectivity index (χ2n) is 6.56. The summed E-state index contributed by atoms with van der Waals surface area (Å²) in [6, 6.07) is 0. The van der Waals surface area contributed by atoms with Gasteiger partial charge in [-0.2, -0.15) is 0 Å². The molecule has 2 rings (SSSR count). The van der Waals surface area contributed by atoms with Gasteiger partial charge in [0.25, 0.3) is 0 Å². The predicted molar refractivity (Wildman–Crippen MR) is 108 cm³/mol. The SMILES string of the molecule is CCNC(=NCCCOCC1CCOC1)NCCc1nc(CC)c(C)s1. The van der Waals surface area contributed by atoms with Crippen LogP contribution in [0.4, 0.5) is 0 Å². The second kappa shape index (κ2) is 12.3. The molecule has 7 heteroatoms. The van der Waals surface area contributed by atoms with Crippen molar-refractivity contribution < 1.29 is 9.47 Å². The predicted octanol–water partition coefficient (Wildman–Crippen LogP) is 2.55. The molecule has 0 amide bonds. The van der Waals surface area contributed by atoms with Crippen molar-refractivity contribution in [2.24, 2.45) is 10.9 Å². The summed E-state index contributed by atoms with van der Waals surface area (Å²) < 4.78 is 11.1. The molecular formula is C19H34N4O2S. The first-order valence-corrected chi connectivity index (χ1v) is 10.7. The monoisotopic (exact) mass is 382 g/mol. The number of hydrogen-bond acceptors (Lipinski definition) is 5. The normalized spacial score (nSPS) is 17.7. The van der Waals surface area contributed by atoms with E-state index in [4.69, 9.17) is 14.5 Å². The van der Waals surface area contributed by atoms with Crippen LogP contribution in [0.2, 0.25) is 0 Å². The van der Waals surface area contributed by atoms with Crippen LogP contribution in [-0.2, 0) is 22.3 Å². The van der Waals surface area contributed by atoms with E-state index in [2.05, 4.69) is 36.4 Å². The van der Waals surface area contributed by atoms with Gasteiger partial charge in [0.2, 0.25) is 0 Å². The molecule has 6 nitrogen and oxygen atoms in total. The molecule has 26 heavy (non-hydrogen) atoms. The molecule has 0 radical (unpaired) electrons. The molecule has 1 aromatic heterocycles. The van der Waals surface area contributed by atoms with Gasteiger partial charge in [0.05, 0.1) is 23.9 Å². The van der Waals surface area contributed by atoms with Gasteiger partial charge < -0.3 is 20.1 Å². The van der Waals surface area contributed by atoms with Crippen LogP contribution >= 0.6 is 11.3 Å². The van der Waals surface area contributed by atoms with Gasteiger partial charge in [0, 0.05) is 50.1 Å². The maximum Gasteiger partial charge on any atom is 0.191 e. The Morgan fingerprint density at radius 2 is 2.27 bits per heavy atom. The molecule has 1 aromatic rings. The van der Waals surface area contributed by atoms with Crippen LogP contribution < -0.4 is 10.6 Å². The smallest absolute Gasteiger partial charge is 0.191 e. The fourth-order valence-electron chi connectivity index (χ4n) is 2.87. The molecule has 0 saturated carbocycles. The number of aryl methyl sites for hydroxylation is 2. The van der Waals surface area contributed by atoms with Gasteiger partial charge in [-0.3, -0.25) is 4.99 Å². The molecule has 0 spiro atoms. The average molecular weight is 383 g/mol. The van der Waals surface area contributed by atoms with Crippen molar-refractivity contribution in [1.29, 1.82) is 0 Å². The summed E-state index contributed by atoms with van der Waals surface area (Å²) >= 11 is 1.80. The van der Waals surface area contributed by atoms with Crippen LogP contribution in [-0.4, -0.2) is 57.0 Å². The quantitative estimate of drug-likeness (QED) is 0.350. The van der Waals surface area contributed by atoms with Gasteiger partial charge in [0.1, 0.15) is 0 Å². The van der Waals surface area contributed by atoms with Crippen molar-refractivity contribution in [1.82, 2.24) is 15.6 Å². The molecule has 2 heterocycles. The first-order valence-electron chi connectivity index (χ1n) is 9.85. The Labute approximate surface area is 161 Å². The van der Waals surface area contributed by atoms with Crippen molar-refractivity contribution in [3.8, 4) is 0 Å². The zero-order valence-electron chi connectivity index (χ0n) is 16.5. The third kappa shape index (κ3) is 7.60. The molecule has 148 valence electrons. The number of rotatable bonds is 11. The van der Waals surface area contributed by atoms with Gasteiger partial charge in [0.15, 0.2) is 5.96 Å². The Balaban J connectivity index is 1.61.